The molecule has 10 aromatic carbocycles. The molecule has 5 heteroatoms. The third-order valence-electron chi connectivity index (χ3n) is 10.6. The van der Waals surface area contributed by atoms with Crippen molar-refractivity contribution in [3.8, 4) is 22.3 Å². The Kier molecular flexibility index (Phi) is 14.3. The normalized spacial score (nSPS) is 10.8. The summed E-state index contributed by atoms with van der Waals surface area (Å²) in [6.07, 6.45) is 0. The molecular formula is C56H42ClNP2Pd. The van der Waals surface area contributed by atoms with Gasteiger partial charge in [0, 0.05) is 0 Å². The van der Waals surface area contributed by atoms with Gasteiger partial charge in [0.15, 0.2) is 0 Å². The van der Waals surface area contributed by atoms with Crippen LogP contribution in [0.4, 0.5) is 5.69 Å². The quantitative estimate of drug-likeness (QED) is 0.0699. The summed E-state index contributed by atoms with van der Waals surface area (Å²) >= 11 is 2.22. The van der Waals surface area contributed by atoms with E-state index in [-0.39, 0.29) is 0 Å². The smallest absolute Gasteiger partial charge is 0.000884 e. The van der Waals surface area contributed by atoms with Crippen molar-refractivity contribution in [3.05, 3.63) is 249 Å². The van der Waals surface area contributed by atoms with Gasteiger partial charge in [-0.15, -0.1) is 35.9 Å². The van der Waals surface area contributed by atoms with Crippen molar-refractivity contribution in [1.29, 1.82) is 0 Å². The van der Waals surface area contributed by atoms with Gasteiger partial charge in [0.25, 0.3) is 0 Å². The molecule has 0 heterocycles. The van der Waals surface area contributed by atoms with Gasteiger partial charge in [-0.05, 0) is 92.1 Å². The van der Waals surface area contributed by atoms with E-state index in [1.165, 1.54) is 64.5 Å². The van der Waals surface area contributed by atoms with Crippen LogP contribution in [-0.4, -0.2) is 0 Å². The van der Waals surface area contributed by atoms with Crippen LogP contribution in [0.1, 0.15) is 0 Å². The molecule has 0 aromatic heterocycles. The first-order chi connectivity index (χ1) is 30.2. The maximum atomic E-state index is 5.83. The predicted molar refractivity (Wildman–Crippen MR) is 265 cm³/mol. The molecule has 0 unspecified atom stereocenters. The van der Waals surface area contributed by atoms with Crippen LogP contribution in [0.3, 0.4) is 0 Å². The second-order valence-corrected chi connectivity index (χ2v) is 18.6. The molecule has 298 valence electrons. The molecule has 1 nitrogen and oxygen atoms in total. The maximum absolute atomic E-state index is 5.83. The number of para-hydroxylation sites is 1. The van der Waals surface area contributed by atoms with E-state index >= 15 is 0 Å². The fourth-order valence-corrected chi connectivity index (χ4v) is 12.8. The zero-order valence-electron chi connectivity index (χ0n) is 33.3. The summed E-state index contributed by atoms with van der Waals surface area (Å²) in [6.45, 7) is 0. The molecular weight excluding hydrogens is 890 g/mol. The standard InChI is InChI=1S/C44H32P2.C12H10N.ClH.Pd/c1-5-19-35(20-6-1)45(36-21-7-2-8-22-36)41-31-29-33-17-13-15-27-39(33)43(41)44-40-28-16-14-18-34(40)30-32-42(44)46(37-23-9-3-10-24-37)38-25-11-4-12-26-38;13-12-9-5-4-8-11(12)10-6-2-1-3-7-10;;/h1-32H;1-6,8-9H,13H2;1H;/q;-1;;+2/p-1. The van der Waals surface area contributed by atoms with E-state index in [0.29, 0.717) is 0 Å². The number of anilines is 1. The van der Waals surface area contributed by atoms with Crippen LogP contribution < -0.4 is 37.6 Å². The largest absolute Gasteiger partial charge is 0.0622 e. The Bertz CT molecular complexity index is 2710. The summed E-state index contributed by atoms with van der Waals surface area (Å²) in [5.74, 6) is 0. The van der Waals surface area contributed by atoms with Crippen molar-refractivity contribution in [2.75, 3.05) is 5.73 Å². The topological polar surface area (TPSA) is 26.0 Å². The van der Waals surface area contributed by atoms with Gasteiger partial charge in [0.2, 0.25) is 0 Å². The second-order valence-electron chi connectivity index (χ2n) is 14.2. The van der Waals surface area contributed by atoms with E-state index in [1.54, 1.807) is 0 Å². The predicted octanol–water partition coefficient (Wildman–Crippen LogP) is 12.6. The molecule has 2 N–H and O–H groups in total. The number of halogens is 1. The van der Waals surface area contributed by atoms with Crippen LogP contribution in [0.5, 0.6) is 0 Å². The first kappa shape index (κ1) is 42.0. The third kappa shape index (κ3) is 9.47. The van der Waals surface area contributed by atoms with Crippen LogP contribution in [0.25, 0.3) is 43.8 Å². The molecule has 0 bridgehead atoms. The number of nitrogens with two attached hydrogens (primary N) is 1. The van der Waals surface area contributed by atoms with E-state index in [2.05, 4.69) is 228 Å². The maximum Gasteiger partial charge on any atom is -0.000884 e. The second kappa shape index (κ2) is 20.7. The minimum absolute atomic E-state index is 0.796. The molecule has 61 heavy (non-hydrogen) atoms. The van der Waals surface area contributed by atoms with Crippen molar-refractivity contribution in [1.82, 2.24) is 0 Å². The van der Waals surface area contributed by atoms with Crippen molar-refractivity contribution < 1.29 is 18.2 Å². The Morgan fingerprint density at radius 3 is 1.11 bits per heavy atom. The average molecular weight is 933 g/mol. The fourth-order valence-electron chi connectivity index (χ4n) is 7.88. The van der Waals surface area contributed by atoms with Crippen molar-refractivity contribution in [2.24, 2.45) is 0 Å². The molecule has 0 amide bonds. The van der Waals surface area contributed by atoms with Gasteiger partial charge in [-0.1, -0.05) is 218 Å². The Labute approximate surface area is 376 Å². The third-order valence-corrected chi connectivity index (χ3v) is 15.5. The number of rotatable bonds is 8. The molecule has 0 aliphatic rings. The number of nitrogen functional groups attached to an aromatic ring is 1. The number of hydrogen-bond acceptors (Lipinski definition) is 1. The van der Waals surface area contributed by atoms with E-state index in [9.17, 15) is 0 Å². The molecule has 0 fully saturated rings. The average Bonchev–Trinajstić information content (AvgIpc) is 3.34. The van der Waals surface area contributed by atoms with Gasteiger partial charge in [-0.3, -0.25) is 0 Å². The van der Waals surface area contributed by atoms with Gasteiger partial charge < -0.3 is 5.73 Å². The summed E-state index contributed by atoms with van der Waals surface area (Å²) in [4.78, 5) is 0. The van der Waals surface area contributed by atoms with Gasteiger partial charge in [-0.2, -0.15) is 0 Å². The molecule has 10 aromatic rings. The van der Waals surface area contributed by atoms with Crippen molar-refractivity contribution in [3.63, 3.8) is 0 Å². The van der Waals surface area contributed by atoms with Crippen LogP contribution in [-0.2, 0) is 18.2 Å². The first-order valence-corrected chi connectivity index (χ1v) is 24.7. The zero-order chi connectivity index (χ0) is 41.8. The number of benzene rings is 10. The summed E-state index contributed by atoms with van der Waals surface area (Å²) in [7, 11) is 2.78. The zero-order valence-corrected chi connectivity index (χ0v) is 37.4. The van der Waals surface area contributed by atoms with Gasteiger partial charge >= 0.3 is 27.7 Å². The first-order valence-electron chi connectivity index (χ1n) is 20.0. The molecule has 0 radical (unpaired) electrons. The molecule has 0 atom stereocenters. The summed E-state index contributed by atoms with van der Waals surface area (Å²) < 4.78 is 0. The molecule has 0 spiro atoms. The Hall–Kier alpha value is -5.67. The molecule has 0 aliphatic carbocycles. The van der Waals surface area contributed by atoms with E-state index in [4.69, 9.17) is 5.73 Å². The summed E-state index contributed by atoms with van der Waals surface area (Å²) in [5.41, 5.74) is 11.4. The molecule has 0 aliphatic heterocycles. The molecule has 0 saturated carbocycles. The van der Waals surface area contributed by atoms with E-state index in [1.807, 2.05) is 48.5 Å². The molecule has 0 saturated heterocycles. The Morgan fingerprint density at radius 1 is 0.361 bits per heavy atom. The Balaban J connectivity index is 0.000000290. The van der Waals surface area contributed by atoms with Crippen LogP contribution in [0.15, 0.2) is 243 Å². The van der Waals surface area contributed by atoms with Crippen molar-refractivity contribution in [2.45, 2.75) is 0 Å². The number of hydrogen-bond donors (Lipinski definition) is 1. The Morgan fingerprint density at radius 2 is 0.721 bits per heavy atom. The summed E-state index contributed by atoms with van der Waals surface area (Å²) in [6, 6.07) is 90.6. The van der Waals surface area contributed by atoms with Gasteiger partial charge in [0.05, 0.1) is 0 Å². The van der Waals surface area contributed by atoms with Crippen molar-refractivity contribution >= 4 is 84.4 Å². The molecule has 10 rings (SSSR count). The van der Waals surface area contributed by atoms with Gasteiger partial charge in [0.1, 0.15) is 0 Å². The summed E-state index contributed by atoms with van der Waals surface area (Å²) in [5, 5.41) is 13.3. The monoisotopic (exact) mass is 931 g/mol. The van der Waals surface area contributed by atoms with Crippen LogP contribution in [0, 0.1) is 6.07 Å². The minimum Gasteiger partial charge on any atom is -0.0622 e. The van der Waals surface area contributed by atoms with E-state index in [0.717, 1.165) is 16.8 Å². The SMILES string of the molecule is Nc1ccccc1-c1[c-]cccc1.[Cl][Pd+].c1ccc(P(c2ccccc2)c2ccc3ccccc3c2-c2c(P(c3ccccc3)c3ccccc3)ccc3ccccc23)cc1. The van der Waals surface area contributed by atoms with E-state index < -0.39 is 15.8 Å². The fraction of sp³-hybridized carbons (Fsp3) is 0. The van der Waals surface area contributed by atoms with Gasteiger partial charge in [-0.25, -0.2) is 0 Å². The van der Waals surface area contributed by atoms with Crippen LogP contribution in [0.2, 0.25) is 0 Å². The number of fused-ring (bicyclic) bond motifs is 2. The van der Waals surface area contributed by atoms with Crippen LogP contribution >= 0.6 is 25.4 Å². The minimum atomic E-state index is -0.852.